The molecule has 0 aliphatic carbocycles. The molecule has 0 fully saturated rings. The molecule has 0 saturated carbocycles. The fourth-order valence-electron chi connectivity index (χ4n) is 2.59. The normalized spacial score (nSPS) is 11.5. The van der Waals surface area contributed by atoms with Crippen LogP contribution in [-0.2, 0) is 23.6 Å². The molecular formula is C18H20N4O4S. The minimum atomic E-state index is -3.62. The molecule has 0 amide bonds. The van der Waals surface area contributed by atoms with Crippen molar-refractivity contribution in [3.05, 3.63) is 65.1 Å². The van der Waals surface area contributed by atoms with Gasteiger partial charge in [-0.3, -0.25) is 4.57 Å². The van der Waals surface area contributed by atoms with Crippen LogP contribution in [-0.4, -0.2) is 36.4 Å². The van der Waals surface area contributed by atoms with Crippen LogP contribution in [0.3, 0.4) is 0 Å². The van der Waals surface area contributed by atoms with Crippen LogP contribution < -0.4 is 15.1 Å². The van der Waals surface area contributed by atoms with Crippen molar-refractivity contribution in [3.63, 3.8) is 0 Å². The summed E-state index contributed by atoms with van der Waals surface area (Å²) in [5.41, 5.74) is 0.443. The lowest BCUT2D eigenvalue weighted by Crippen LogP contribution is -2.31. The van der Waals surface area contributed by atoms with E-state index < -0.39 is 10.0 Å². The summed E-state index contributed by atoms with van der Waals surface area (Å²) in [5.74, 6) is 1.20. The lowest BCUT2D eigenvalue weighted by atomic mass is 10.2. The Morgan fingerprint density at radius 2 is 1.74 bits per heavy atom. The second-order valence-corrected chi connectivity index (χ2v) is 7.59. The summed E-state index contributed by atoms with van der Waals surface area (Å²) in [7, 11) is -0.416. The number of methoxy groups -OCH3 is 1. The first-order valence-corrected chi connectivity index (χ1v) is 9.73. The molecule has 0 aliphatic heterocycles. The highest BCUT2D eigenvalue weighted by atomic mass is 32.2. The monoisotopic (exact) mass is 388 g/mol. The van der Waals surface area contributed by atoms with E-state index in [4.69, 9.17) is 4.74 Å². The van der Waals surface area contributed by atoms with Gasteiger partial charge in [-0.25, -0.2) is 22.6 Å². The van der Waals surface area contributed by atoms with Gasteiger partial charge in [-0.05, 0) is 36.4 Å². The zero-order valence-electron chi connectivity index (χ0n) is 15.0. The minimum absolute atomic E-state index is 0.0518. The standard InChI is InChI=1S/C18H20N4O4S/c1-21-17(14-8-10-15(26-2)11-9-14)20-22(18(21)23)13-12-19-27(24,25)16-6-4-3-5-7-16/h3-11,19H,12-13H2,1-2H3. The summed E-state index contributed by atoms with van der Waals surface area (Å²) in [5, 5.41) is 4.32. The minimum Gasteiger partial charge on any atom is -0.497 e. The second kappa shape index (κ2) is 7.77. The van der Waals surface area contributed by atoms with Gasteiger partial charge in [0.1, 0.15) is 5.75 Å². The molecule has 8 nitrogen and oxygen atoms in total. The van der Waals surface area contributed by atoms with Gasteiger partial charge in [-0.1, -0.05) is 18.2 Å². The van der Waals surface area contributed by atoms with Crippen LogP contribution in [0.1, 0.15) is 0 Å². The third-order valence-corrected chi connectivity index (χ3v) is 5.54. The first kappa shape index (κ1) is 18.9. The smallest absolute Gasteiger partial charge is 0.345 e. The number of aromatic nitrogens is 3. The van der Waals surface area contributed by atoms with Gasteiger partial charge in [0, 0.05) is 19.2 Å². The predicted molar refractivity (Wildman–Crippen MR) is 101 cm³/mol. The first-order chi connectivity index (χ1) is 12.9. The maximum Gasteiger partial charge on any atom is 0.345 e. The maximum atomic E-state index is 12.4. The van der Waals surface area contributed by atoms with Gasteiger partial charge in [0.2, 0.25) is 10.0 Å². The van der Waals surface area contributed by atoms with Crippen molar-refractivity contribution >= 4 is 10.0 Å². The van der Waals surface area contributed by atoms with E-state index in [0.29, 0.717) is 11.6 Å². The summed E-state index contributed by atoms with van der Waals surface area (Å²) < 4.78 is 34.7. The summed E-state index contributed by atoms with van der Waals surface area (Å²) in [6, 6.07) is 15.3. The molecule has 1 aromatic heterocycles. The Kier molecular flexibility index (Phi) is 5.43. The lowest BCUT2D eigenvalue weighted by Gasteiger charge is -2.06. The molecule has 0 aliphatic rings. The van der Waals surface area contributed by atoms with Crippen LogP contribution in [0.15, 0.2) is 64.3 Å². The highest BCUT2D eigenvalue weighted by Crippen LogP contribution is 2.19. The summed E-state index contributed by atoms with van der Waals surface area (Å²) in [4.78, 5) is 12.6. The first-order valence-electron chi connectivity index (χ1n) is 8.25. The summed E-state index contributed by atoms with van der Waals surface area (Å²) >= 11 is 0. The average Bonchev–Trinajstić information content (AvgIpc) is 2.97. The zero-order chi connectivity index (χ0) is 19.4. The SMILES string of the molecule is COc1ccc(-c2nn(CCNS(=O)(=O)c3ccccc3)c(=O)n2C)cc1. The van der Waals surface area contributed by atoms with Gasteiger partial charge in [0.05, 0.1) is 18.6 Å². The Bertz CT molecular complexity index is 1070. The summed E-state index contributed by atoms with van der Waals surface area (Å²) in [6.07, 6.45) is 0. The molecule has 3 aromatic rings. The van der Waals surface area contributed by atoms with Gasteiger partial charge in [-0.2, -0.15) is 0 Å². The highest BCUT2D eigenvalue weighted by molar-refractivity contribution is 7.89. The van der Waals surface area contributed by atoms with E-state index in [1.807, 2.05) is 12.1 Å². The van der Waals surface area contributed by atoms with Gasteiger partial charge in [0.15, 0.2) is 5.82 Å². The van der Waals surface area contributed by atoms with Crippen molar-refractivity contribution in [2.75, 3.05) is 13.7 Å². The molecule has 142 valence electrons. The van der Waals surface area contributed by atoms with Crippen molar-refractivity contribution in [1.82, 2.24) is 19.1 Å². The largest absolute Gasteiger partial charge is 0.497 e. The molecule has 27 heavy (non-hydrogen) atoms. The van der Waals surface area contributed by atoms with Crippen LogP contribution >= 0.6 is 0 Å². The molecule has 0 saturated heterocycles. The van der Waals surface area contributed by atoms with E-state index >= 15 is 0 Å². The number of hydrogen-bond acceptors (Lipinski definition) is 5. The van der Waals surface area contributed by atoms with Crippen LogP contribution in [0, 0.1) is 0 Å². The molecule has 0 atom stereocenters. The van der Waals surface area contributed by atoms with Crippen LogP contribution in [0.4, 0.5) is 0 Å². The predicted octanol–water partition coefficient (Wildman–Crippen LogP) is 1.24. The molecule has 2 aromatic carbocycles. The third-order valence-electron chi connectivity index (χ3n) is 4.06. The van der Waals surface area contributed by atoms with E-state index in [1.165, 1.54) is 21.4 Å². The van der Waals surface area contributed by atoms with E-state index in [0.717, 1.165) is 5.56 Å². The number of benzene rings is 2. The molecule has 1 N–H and O–H groups in total. The topological polar surface area (TPSA) is 95.2 Å². The Labute approximate surface area is 157 Å². The van der Waals surface area contributed by atoms with Crippen molar-refractivity contribution in [2.45, 2.75) is 11.4 Å². The van der Waals surface area contributed by atoms with Crippen molar-refractivity contribution in [3.8, 4) is 17.1 Å². The maximum absolute atomic E-state index is 12.4. The molecular weight excluding hydrogens is 368 g/mol. The fraction of sp³-hybridized carbons (Fsp3) is 0.222. The van der Waals surface area contributed by atoms with Gasteiger partial charge >= 0.3 is 5.69 Å². The zero-order valence-corrected chi connectivity index (χ0v) is 15.8. The number of rotatable bonds is 7. The van der Waals surface area contributed by atoms with Crippen LogP contribution in [0.2, 0.25) is 0 Å². The fourth-order valence-corrected chi connectivity index (χ4v) is 3.64. The van der Waals surface area contributed by atoms with Crippen LogP contribution in [0.25, 0.3) is 11.4 Å². The van der Waals surface area contributed by atoms with E-state index in [9.17, 15) is 13.2 Å². The molecule has 0 radical (unpaired) electrons. The third kappa shape index (κ3) is 4.09. The Hall–Kier alpha value is -2.91. The molecule has 0 bridgehead atoms. The van der Waals surface area contributed by atoms with Gasteiger partial charge in [0.25, 0.3) is 0 Å². The quantitative estimate of drug-likeness (QED) is 0.657. The van der Waals surface area contributed by atoms with E-state index in [-0.39, 0.29) is 23.7 Å². The Morgan fingerprint density at radius 3 is 2.37 bits per heavy atom. The van der Waals surface area contributed by atoms with Gasteiger partial charge in [-0.15, -0.1) is 5.10 Å². The van der Waals surface area contributed by atoms with E-state index in [2.05, 4.69) is 9.82 Å². The van der Waals surface area contributed by atoms with Gasteiger partial charge < -0.3 is 4.74 Å². The van der Waals surface area contributed by atoms with E-state index in [1.54, 1.807) is 44.5 Å². The number of sulfonamides is 1. The number of ether oxygens (including phenoxy) is 1. The van der Waals surface area contributed by atoms with Crippen molar-refractivity contribution in [2.24, 2.45) is 7.05 Å². The average molecular weight is 388 g/mol. The molecule has 9 heteroatoms. The second-order valence-electron chi connectivity index (χ2n) is 5.83. The number of nitrogens with zero attached hydrogens (tertiary/aromatic N) is 3. The Morgan fingerprint density at radius 1 is 1.07 bits per heavy atom. The lowest BCUT2D eigenvalue weighted by molar-refractivity contribution is 0.415. The molecule has 0 unspecified atom stereocenters. The van der Waals surface area contributed by atoms with Crippen molar-refractivity contribution < 1.29 is 13.2 Å². The van der Waals surface area contributed by atoms with Crippen LogP contribution in [0.5, 0.6) is 5.75 Å². The highest BCUT2D eigenvalue weighted by Gasteiger charge is 2.15. The number of nitrogens with one attached hydrogen (secondary N) is 1. The molecule has 0 spiro atoms. The summed E-state index contributed by atoms with van der Waals surface area (Å²) in [6.45, 7) is 0.172. The Balaban J connectivity index is 1.74. The van der Waals surface area contributed by atoms with Crippen molar-refractivity contribution in [1.29, 1.82) is 0 Å². The molecule has 3 rings (SSSR count). The molecule has 1 heterocycles. The number of hydrogen-bond donors (Lipinski definition) is 1.